The highest BCUT2D eigenvalue weighted by Gasteiger charge is 2.30. The average molecular weight is 377 g/mol. The molecule has 0 N–H and O–H groups in total. The van der Waals surface area contributed by atoms with Crippen LogP contribution < -0.4 is 9.64 Å². The molecule has 2 aromatic heterocycles. The van der Waals surface area contributed by atoms with Crippen molar-refractivity contribution in [2.45, 2.75) is 18.9 Å². The highest BCUT2D eigenvalue weighted by Crippen LogP contribution is 2.27. The highest BCUT2D eigenvalue weighted by atomic mass is 16.5. The van der Waals surface area contributed by atoms with Gasteiger partial charge in [0.25, 0.3) is 5.89 Å². The van der Waals surface area contributed by atoms with E-state index in [1.807, 2.05) is 36.5 Å². The van der Waals surface area contributed by atoms with E-state index in [9.17, 15) is 0 Å². The number of anilines is 1. The zero-order valence-electron chi connectivity index (χ0n) is 15.9. The molecule has 2 aliphatic heterocycles. The van der Waals surface area contributed by atoms with Gasteiger partial charge in [-0.1, -0.05) is 5.16 Å². The SMILES string of the molecule is COc1ccc(-c2noc(-c3ccc(N4CCN5CCC[C@H]5C4)nc3)n2)cc1. The molecule has 0 unspecified atom stereocenters. The molecule has 0 aliphatic carbocycles. The molecule has 5 rings (SSSR count). The smallest absolute Gasteiger partial charge is 0.259 e. The van der Waals surface area contributed by atoms with Crippen LogP contribution in [0.15, 0.2) is 47.1 Å². The Bertz CT molecular complexity index is 938. The predicted molar refractivity (Wildman–Crippen MR) is 106 cm³/mol. The van der Waals surface area contributed by atoms with E-state index in [1.165, 1.54) is 19.4 Å². The molecule has 0 radical (unpaired) electrons. The number of methoxy groups -OCH3 is 1. The highest BCUT2D eigenvalue weighted by molar-refractivity contribution is 5.61. The molecule has 2 saturated heterocycles. The van der Waals surface area contributed by atoms with Crippen LogP contribution in [0.4, 0.5) is 5.82 Å². The zero-order valence-corrected chi connectivity index (χ0v) is 15.9. The van der Waals surface area contributed by atoms with Crippen molar-refractivity contribution in [1.29, 1.82) is 0 Å². The second-order valence-electron chi connectivity index (χ2n) is 7.33. The normalized spacial score (nSPS) is 19.6. The van der Waals surface area contributed by atoms with Gasteiger partial charge >= 0.3 is 0 Å². The Balaban J connectivity index is 1.31. The average Bonchev–Trinajstić information content (AvgIpc) is 3.43. The summed E-state index contributed by atoms with van der Waals surface area (Å²) >= 11 is 0. The Kier molecular flexibility index (Phi) is 4.44. The van der Waals surface area contributed by atoms with Crippen LogP contribution >= 0.6 is 0 Å². The summed E-state index contributed by atoms with van der Waals surface area (Å²) in [6.45, 7) is 4.47. The molecule has 3 aromatic rings. The lowest BCUT2D eigenvalue weighted by atomic mass is 10.1. The van der Waals surface area contributed by atoms with Gasteiger partial charge in [0.15, 0.2) is 0 Å². The molecular weight excluding hydrogens is 354 g/mol. The Morgan fingerprint density at radius 3 is 2.68 bits per heavy atom. The van der Waals surface area contributed by atoms with Crippen molar-refractivity contribution in [3.8, 4) is 28.6 Å². The molecule has 1 atom stereocenters. The summed E-state index contributed by atoms with van der Waals surface area (Å²) < 4.78 is 10.6. The predicted octanol–water partition coefficient (Wildman–Crippen LogP) is 3.09. The number of nitrogens with zero attached hydrogens (tertiary/aromatic N) is 5. The van der Waals surface area contributed by atoms with Crippen LogP contribution in [0.2, 0.25) is 0 Å². The molecule has 7 nitrogen and oxygen atoms in total. The summed E-state index contributed by atoms with van der Waals surface area (Å²) in [5.41, 5.74) is 1.71. The van der Waals surface area contributed by atoms with Crippen molar-refractivity contribution >= 4 is 5.82 Å². The Hall–Kier alpha value is -2.93. The lowest BCUT2D eigenvalue weighted by molar-refractivity contribution is 0.230. The molecule has 2 fully saturated rings. The largest absolute Gasteiger partial charge is 0.497 e. The lowest BCUT2D eigenvalue weighted by Crippen LogP contribution is -2.50. The van der Waals surface area contributed by atoms with E-state index in [0.717, 1.165) is 42.3 Å². The molecule has 0 amide bonds. The van der Waals surface area contributed by atoms with Gasteiger partial charge in [-0.25, -0.2) is 4.98 Å². The lowest BCUT2D eigenvalue weighted by Gasteiger charge is -2.38. The minimum absolute atomic E-state index is 0.477. The van der Waals surface area contributed by atoms with E-state index < -0.39 is 0 Å². The Morgan fingerprint density at radius 2 is 1.89 bits per heavy atom. The molecule has 2 aliphatic rings. The molecule has 28 heavy (non-hydrogen) atoms. The Labute approximate surface area is 163 Å². The first kappa shape index (κ1) is 17.2. The summed E-state index contributed by atoms with van der Waals surface area (Å²) in [4.78, 5) is 14.2. The number of ether oxygens (including phenoxy) is 1. The Morgan fingerprint density at radius 1 is 1.04 bits per heavy atom. The molecule has 7 heteroatoms. The van der Waals surface area contributed by atoms with Gasteiger partial charge in [0.05, 0.1) is 12.7 Å². The second-order valence-corrected chi connectivity index (χ2v) is 7.33. The summed E-state index contributed by atoms with van der Waals surface area (Å²) in [7, 11) is 1.64. The molecule has 0 bridgehead atoms. The maximum absolute atomic E-state index is 5.45. The quantitative estimate of drug-likeness (QED) is 0.692. The van der Waals surface area contributed by atoms with Crippen LogP contribution in [0.3, 0.4) is 0 Å². The van der Waals surface area contributed by atoms with Gasteiger partial charge in [0.2, 0.25) is 5.82 Å². The maximum atomic E-state index is 5.45. The topological polar surface area (TPSA) is 67.5 Å². The van der Waals surface area contributed by atoms with Crippen LogP contribution in [-0.4, -0.2) is 59.4 Å². The molecular formula is C21H23N5O2. The van der Waals surface area contributed by atoms with Gasteiger partial charge in [-0.15, -0.1) is 0 Å². The molecule has 144 valence electrons. The van der Waals surface area contributed by atoms with Crippen molar-refractivity contribution in [3.63, 3.8) is 0 Å². The second kappa shape index (κ2) is 7.24. The summed E-state index contributed by atoms with van der Waals surface area (Å²) in [6.07, 6.45) is 4.44. The maximum Gasteiger partial charge on any atom is 0.259 e. The third-order valence-corrected chi connectivity index (χ3v) is 5.68. The van der Waals surface area contributed by atoms with Crippen molar-refractivity contribution in [2.24, 2.45) is 0 Å². The van der Waals surface area contributed by atoms with Crippen molar-refractivity contribution in [3.05, 3.63) is 42.6 Å². The third-order valence-electron chi connectivity index (χ3n) is 5.68. The third kappa shape index (κ3) is 3.22. The summed E-state index contributed by atoms with van der Waals surface area (Å²) in [5.74, 6) is 2.85. The number of hydrogen-bond acceptors (Lipinski definition) is 7. The minimum atomic E-state index is 0.477. The molecule has 4 heterocycles. The monoisotopic (exact) mass is 377 g/mol. The molecule has 0 saturated carbocycles. The van der Waals surface area contributed by atoms with Crippen LogP contribution in [-0.2, 0) is 0 Å². The first-order valence-corrected chi connectivity index (χ1v) is 9.74. The number of hydrogen-bond donors (Lipinski definition) is 0. The number of benzene rings is 1. The van der Waals surface area contributed by atoms with Gasteiger partial charge in [-0.2, -0.15) is 4.98 Å². The first-order valence-electron chi connectivity index (χ1n) is 9.74. The van der Waals surface area contributed by atoms with Crippen LogP contribution in [0, 0.1) is 0 Å². The van der Waals surface area contributed by atoms with Crippen molar-refractivity contribution in [1.82, 2.24) is 20.0 Å². The fourth-order valence-electron chi connectivity index (χ4n) is 4.10. The standard InChI is InChI=1S/C21H23N5O2/c1-27-18-7-4-15(5-8-18)20-23-21(28-24-20)16-6-9-19(22-13-16)26-12-11-25-10-2-3-17(25)14-26/h4-9,13,17H,2-3,10-12,14H2,1H3/t17-/m0/s1. The van der Waals surface area contributed by atoms with Crippen molar-refractivity contribution < 1.29 is 9.26 Å². The zero-order chi connectivity index (χ0) is 18.9. The van der Waals surface area contributed by atoms with Gasteiger partial charge in [0, 0.05) is 37.4 Å². The van der Waals surface area contributed by atoms with E-state index in [1.54, 1.807) is 7.11 Å². The van der Waals surface area contributed by atoms with Gasteiger partial charge in [-0.05, 0) is 55.8 Å². The number of piperazine rings is 1. The van der Waals surface area contributed by atoms with Crippen LogP contribution in [0.1, 0.15) is 12.8 Å². The van der Waals surface area contributed by atoms with Gasteiger partial charge < -0.3 is 14.2 Å². The summed E-state index contributed by atoms with van der Waals surface area (Å²) in [5, 5.41) is 4.10. The van der Waals surface area contributed by atoms with E-state index in [4.69, 9.17) is 9.26 Å². The van der Waals surface area contributed by atoms with E-state index in [2.05, 4.69) is 31.0 Å². The molecule has 0 spiro atoms. The minimum Gasteiger partial charge on any atom is -0.497 e. The summed E-state index contributed by atoms with van der Waals surface area (Å²) in [6, 6.07) is 12.3. The molecule has 1 aromatic carbocycles. The number of pyridine rings is 1. The van der Waals surface area contributed by atoms with E-state index in [-0.39, 0.29) is 0 Å². The van der Waals surface area contributed by atoms with Crippen molar-refractivity contribution in [2.75, 3.05) is 38.2 Å². The van der Waals surface area contributed by atoms with Gasteiger partial charge in [0.1, 0.15) is 11.6 Å². The van der Waals surface area contributed by atoms with E-state index >= 15 is 0 Å². The number of aromatic nitrogens is 3. The van der Waals surface area contributed by atoms with Crippen LogP contribution in [0.25, 0.3) is 22.8 Å². The fraction of sp³-hybridized carbons (Fsp3) is 0.381. The van der Waals surface area contributed by atoms with Crippen LogP contribution in [0.5, 0.6) is 5.75 Å². The number of fused-ring (bicyclic) bond motifs is 1. The van der Waals surface area contributed by atoms with Gasteiger partial charge in [-0.3, -0.25) is 4.90 Å². The first-order chi connectivity index (χ1) is 13.8. The number of rotatable bonds is 4. The van der Waals surface area contributed by atoms with E-state index in [0.29, 0.717) is 17.8 Å². The fourth-order valence-corrected chi connectivity index (χ4v) is 4.10.